The number of nitrogens with two attached hydrogens (primary N) is 1. The highest BCUT2D eigenvalue weighted by Crippen LogP contribution is 2.23. The topological polar surface area (TPSA) is 77.2 Å². The van der Waals surface area contributed by atoms with Crippen molar-refractivity contribution in [1.29, 1.82) is 0 Å². The number of amides is 1. The van der Waals surface area contributed by atoms with Gasteiger partial charge in [0.2, 0.25) is 5.88 Å². The van der Waals surface area contributed by atoms with Crippen LogP contribution < -0.4 is 15.8 Å². The summed E-state index contributed by atoms with van der Waals surface area (Å²) in [7, 11) is 0. The smallest absolute Gasteiger partial charge is 0.340 e. The molecule has 1 amide bonds. The molecule has 0 aliphatic rings. The van der Waals surface area contributed by atoms with Crippen molar-refractivity contribution in [2.24, 2.45) is 11.7 Å². The number of carbonyl (C=O) groups excluding carboxylic acids is 1. The number of hydrogen-bond acceptors (Lipinski definition) is 4. The molecule has 1 atom stereocenters. The molecule has 0 fully saturated rings. The molecule has 0 saturated carbocycles. The third kappa shape index (κ3) is 6.31. The van der Waals surface area contributed by atoms with Gasteiger partial charge in [-0.05, 0) is 18.4 Å². The van der Waals surface area contributed by atoms with E-state index >= 15 is 0 Å². The Balaban J connectivity index is 2.62. The van der Waals surface area contributed by atoms with Gasteiger partial charge in [0.1, 0.15) is 0 Å². The first-order valence-corrected chi connectivity index (χ1v) is 7.41. The summed E-state index contributed by atoms with van der Waals surface area (Å²) in [5.41, 5.74) is 5.78. The van der Waals surface area contributed by atoms with Crippen molar-refractivity contribution < 1.29 is 27.1 Å². The van der Waals surface area contributed by atoms with Crippen molar-refractivity contribution in [3.8, 4) is 5.88 Å². The van der Waals surface area contributed by atoms with Gasteiger partial charge in [-0.15, -0.1) is 0 Å². The average Bonchev–Trinajstić information content (AvgIpc) is 2.52. The molecule has 3 N–H and O–H groups in total. The molecule has 0 saturated heterocycles. The van der Waals surface area contributed by atoms with Crippen molar-refractivity contribution >= 4 is 5.91 Å². The number of pyridine rings is 1. The largest absolute Gasteiger partial charge is 0.471 e. The summed E-state index contributed by atoms with van der Waals surface area (Å²) < 4.78 is 54.1. The van der Waals surface area contributed by atoms with Gasteiger partial charge in [0.05, 0.1) is 5.56 Å². The van der Waals surface area contributed by atoms with Gasteiger partial charge in [-0.1, -0.05) is 13.8 Å². The molecule has 9 heteroatoms. The van der Waals surface area contributed by atoms with Gasteiger partial charge in [0.25, 0.3) is 5.91 Å². The SMILES string of the molecule is CC(C)CC(CN)NC(=O)c1ccc(OCC(F)(F)C(F)F)nc1. The predicted octanol–water partition coefficient (Wildman–Crippen LogP) is 2.46. The van der Waals surface area contributed by atoms with E-state index in [0.717, 1.165) is 12.3 Å². The molecule has 1 aromatic heterocycles. The molecule has 0 aliphatic carbocycles. The third-order valence-electron chi connectivity index (χ3n) is 3.11. The van der Waals surface area contributed by atoms with Gasteiger partial charge in [-0.2, -0.15) is 8.78 Å². The van der Waals surface area contributed by atoms with Gasteiger partial charge in [-0.25, -0.2) is 13.8 Å². The number of hydrogen-bond donors (Lipinski definition) is 2. The average molecular weight is 351 g/mol. The minimum Gasteiger partial charge on any atom is -0.471 e. The maximum atomic E-state index is 12.7. The number of carbonyl (C=O) groups is 1. The van der Waals surface area contributed by atoms with Crippen LogP contribution in [0.15, 0.2) is 18.3 Å². The first-order chi connectivity index (χ1) is 11.2. The van der Waals surface area contributed by atoms with Crippen LogP contribution in [-0.2, 0) is 0 Å². The molecule has 1 aromatic rings. The van der Waals surface area contributed by atoms with E-state index in [2.05, 4.69) is 15.0 Å². The Morgan fingerprint density at radius 1 is 1.38 bits per heavy atom. The van der Waals surface area contributed by atoms with Gasteiger partial charge in [0, 0.05) is 24.8 Å². The summed E-state index contributed by atoms with van der Waals surface area (Å²) >= 11 is 0. The second-order valence-electron chi connectivity index (χ2n) is 5.77. The number of nitrogens with zero attached hydrogens (tertiary/aromatic N) is 1. The van der Waals surface area contributed by atoms with E-state index < -0.39 is 24.9 Å². The fraction of sp³-hybridized carbons (Fsp3) is 0.600. The second-order valence-corrected chi connectivity index (χ2v) is 5.77. The quantitative estimate of drug-likeness (QED) is 0.670. The summed E-state index contributed by atoms with van der Waals surface area (Å²) in [5.74, 6) is -4.60. The molecule has 0 aliphatic heterocycles. The number of ether oxygens (including phenoxy) is 1. The first kappa shape index (κ1) is 20.1. The zero-order valence-electron chi connectivity index (χ0n) is 13.4. The van der Waals surface area contributed by atoms with Crippen molar-refractivity contribution in [2.75, 3.05) is 13.2 Å². The summed E-state index contributed by atoms with van der Waals surface area (Å²) in [6.07, 6.45) is -2.00. The van der Waals surface area contributed by atoms with Crippen LogP contribution in [0.2, 0.25) is 0 Å². The predicted molar refractivity (Wildman–Crippen MR) is 80.4 cm³/mol. The van der Waals surface area contributed by atoms with Gasteiger partial charge in [-0.3, -0.25) is 4.79 Å². The lowest BCUT2D eigenvalue weighted by Gasteiger charge is -2.19. The maximum Gasteiger partial charge on any atom is 0.340 e. The summed E-state index contributed by atoms with van der Waals surface area (Å²) in [6.45, 7) is 2.78. The maximum absolute atomic E-state index is 12.7. The molecule has 1 heterocycles. The van der Waals surface area contributed by atoms with E-state index in [1.807, 2.05) is 13.8 Å². The molecule has 5 nitrogen and oxygen atoms in total. The van der Waals surface area contributed by atoms with Crippen LogP contribution in [0.5, 0.6) is 5.88 Å². The zero-order valence-corrected chi connectivity index (χ0v) is 13.4. The minimum atomic E-state index is -4.26. The first-order valence-electron chi connectivity index (χ1n) is 7.41. The standard InChI is InChI=1S/C15H21F4N3O2/c1-9(2)5-11(6-20)22-13(23)10-3-4-12(21-7-10)24-8-15(18,19)14(16)17/h3-4,7,9,11,14H,5-6,8,20H2,1-2H3,(H,22,23). The molecule has 1 rings (SSSR count). The lowest BCUT2D eigenvalue weighted by molar-refractivity contribution is -0.148. The van der Waals surface area contributed by atoms with Crippen molar-refractivity contribution in [3.63, 3.8) is 0 Å². The monoisotopic (exact) mass is 351 g/mol. The highest BCUT2D eigenvalue weighted by Gasteiger charge is 2.41. The number of alkyl halides is 4. The Morgan fingerprint density at radius 2 is 2.04 bits per heavy atom. The highest BCUT2D eigenvalue weighted by atomic mass is 19.3. The summed E-state index contributed by atoms with van der Waals surface area (Å²) in [5, 5.41) is 2.74. The summed E-state index contributed by atoms with van der Waals surface area (Å²) in [4.78, 5) is 15.7. The number of nitrogens with one attached hydrogen (secondary N) is 1. The molecule has 0 spiro atoms. The second kappa shape index (κ2) is 8.81. The Morgan fingerprint density at radius 3 is 2.50 bits per heavy atom. The molecule has 136 valence electrons. The van der Waals surface area contributed by atoms with Crippen LogP contribution in [0, 0.1) is 5.92 Å². The Bertz CT molecular complexity index is 524. The minimum absolute atomic E-state index is 0.185. The molecule has 0 radical (unpaired) electrons. The van der Waals surface area contributed by atoms with E-state index in [-0.39, 0.29) is 24.0 Å². The Kier molecular flexibility index (Phi) is 7.40. The van der Waals surface area contributed by atoms with Crippen molar-refractivity contribution in [2.45, 2.75) is 38.7 Å². The van der Waals surface area contributed by atoms with Gasteiger partial charge in [0.15, 0.2) is 6.61 Å². The van der Waals surface area contributed by atoms with Crippen LogP contribution >= 0.6 is 0 Å². The van der Waals surface area contributed by atoms with Crippen LogP contribution in [-0.4, -0.2) is 42.4 Å². The molecular formula is C15H21F4N3O2. The zero-order chi connectivity index (χ0) is 18.3. The van der Waals surface area contributed by atoms with E-state index in [9.17, 15) is 22.4 Å². The third-order valence-corrected chi connectivity index (χ3v) is 3.11. The normalized spacial score (nSPS) is 13.2. The number of halogens is 4. The summed E-state index contributed by atoms with van der Waals surface area (Å²) in [6, 6.07) is 2.27. The van der Waals surface area contributed by atoms with Crippen LogP contribution in [0.4, 0.5) is 17.6 Å². The van der Waals surface area contributed by atoms with Crippen LogP contribution in [0.3, 0.4) is 0 Å². The fourth-order valence-corrected chi connectivity index (χ4v) is 1.88. The highest BCUT2D eigenvalue weighted by molar-refractivity contribution is 5.94. The lowest BCUT2D eigenvalue weighted by Crippen LogP contribution is -2.41. The molecule has 0 bridgehead atoms. The fourth-order valence-electron chi connectivity index (χ4n) is 1.88. The van der Waals surface area contributed by atoms with E-state index in [1.165, 1.54) is 6.07 Å². The number of rotatable bonds is 9. The van der Waals surface area contributed by atoms with Crippen molar-refractivity contribution in [1.82, 2.24) is 10.3 Å². The molecule has 0 aromatic carbocycles. The molecular weight excluding hydrogens is 330 g/mol. The van der Waals surface area contributed by atoms with Gasteiger partial charge >= 0.3 is 12.3 Å². The number of aromatic nitrogens is 1. The molecule has 24 heavy (non-hydrogen) atoms. The van der Waals surface area contributed by atoms with Crippen molar-refractivity contribution in [3.05, 3.63) is 23.9 Å². The van der Waals surface area contributed by atoms with Gasteiger partial charge < -0.3 is 15.8 Å². The van der Waals surface area contributed by atoms with E-state index in [1.54, 1.807) is 0 Å². The Labute approximate surface area is 137 Å². The van der Waals surface area contributed by atoms with E-state index in [4.69, 9.17) is 5.73 Å². The van der Waals surface area contributed by atoms with Crippen LogP contribution in [0.25, 0.3) is 0 Å². The molecule has 1 unspecified atom stereocenters. The Hall–Kier alpha value is -1.90. The lowest BCUT2D eigenvalue weighted by atomic mass is 10.0. The van der Waals surface area contributed by atoms with Crippen LogP contribution in [0.1, 0.15) is 30.6 Å². The van der Waals surface area contributed by atoms with E-state index in [0.29, 0.717) is 12.3 Å².